The quantitative estimate of drug-likeness (QED) is 0.920. The molecule has 0 aromatic heterocycles. The molecule has 3 rings (SSSR count). The van der Waals surface area contributed by atoms with Crippen LogP contribution in [-0.4, -0.2) is 37.8 Å². The molecule has 1 aromatic rings. The molecular weight excluding hydrogens is 306 g/mol. The largest absolute Gasteiger partial charge is 0.435 e. The second-order valence-electron chi connectivity index (χ2n) is 5.82. The van der Waals surface area contributed by atoms with Crippen molar-refractivity contribution in [1.82, 2.24) is 0 Å². The smallest absolute Gasteiger partial charge is 0.387 e. The summed E-state index contributed by atoms with van der Waals surface area (Å²) in [5.41, 5.74) is 7.18. The Hall–Kier alpha value is -1.73. The SMILES string of the molecule is NC[C@H]1CC[C@@H](C(=O)N2CCCc3cc(OC(F)F)ccc32)O1. The molecular formula is C16H20F2N2O3. The predicted octanol–water partition coefficient (Wildman–Crippen LogP) is 2.07. The summed E-state index contributed by atoms with van der Waals surface area (Å²) in [5, 5.41) is 0. The van der Waals surface area contributed by atoms with Gasteiger partial charge in [-0.2, -0.15) is 8.78 Å². The van der Waals surface area contributed by atoms with Gasteiger partial charge in [0, 0.05) is 18.8 Å². The third kappa shape index (κ3) is 3.45. The lowest BCUT2D eigenvalue weighted by Crippen LogP contribution is -2.42. The minimum Gasteiger partial charge on any atom is -0.435 e. The van der Waals surface area contributed by atoms with Gasteiger partial charge in [0.15, 0.2) is 0 Å². The average molecular weight is 326 g/mol. The number of rotatable bonds is 4. The zero-order valence-electron chi connectivity index (χ0n) is 12.7. The highest BCUT2D eigenvalue weighted by Gasteiger charge is 2.35. The molecule has 5 nitrogen and oxygen atoms in total. The van der Waals surface area contributed by atoms with Crippen LogP contribution in [-0.2, 0) is 16.0 Å². The van der Waals surface area contributed by atoms with Crippen LogP contribution in [0.4, 0.5) is 14.5 Å². The van der Waals surface area contributed by atoms with Crippen LogP contribution in [0.25, 0.3) is 0 Å². The Bertz CT molecular complexity index is 582. The van der Waals surface area contributed by atoms with Crippen molar-refractivity contribution in [3.63, 3.8) is 0 Å². The maximum absolute atomic E-state index is 12.7. The summed E-state index contributed by atoms with van der Waals surface area (Å²) in [7, 11) is 0. The summed E-state index contributed by atoms with van der Waals surface area (Å²) < 4.78 is 34.7. The molecule has 2 heterocycles. The Morgan fingerprint density at radius 1 is 1.43 bits per heavy atom. The second-order valence-corrected chi connectivity index (χ2v) is 5.82. The fourth-order valence-corrected chi connectivity index (χ4v) is 3.21. The molecule has 0 radical (unpaired) electrons. The van der Waals surface area contributed by atoms with Crippen LogP contribution >= 0.6 is 0 Å². The van der Waals surface area contributed by atoms with Gasteiger partial charge in [-0.3, -0.25) is 4.79 Å². The molecule has 2 atom stereocenters. The molecule has 7 heteroatoms. The predicted molar refractivity (Wildman–Crippen MR) is 80.7 cm³/mol. The Morgan fingerprint density at radius 2 is 2.26 bits per heavy atom. The number of benzene rings is 1. The topological polar surface area (TPSA) is 64.8 Å². The fourth-order valence-electron chi connectivity index (χ4n) is 3.21. The molecule has 2 N–H and O–H groups in total. The Kier molecular flexibility index (Phi) is 4.77. The molecule has 1 saturated heterocycles. The molecule has 1 aromatic carbocycles. The van der Waals surface area contributed by atoms with Crippen LogP contribution in [0.3, 0.4) is 0 Å². The van der Waals surface area contributed by atoms with Crippen molar-refractivity contribution >= 4 is 11.6 Å². The van der Waals surface area contributed by atoms with Gasteiger partial charge in [0.25, 0.3) is 5.91 Å². The number of carbonyl (C=O) groups excluding carboxylic acids is 1. The van der Waals surface area contributed by atoms with Crippen molar-refractivity contribution in [1.29, 1.82) is 0 Å². The van der Waals surface area contributed by atoms with E-state index in [4.69, 9.17) is 10.5 Å². The number of fused-ring (bicyclic) bond motifs is 1. The summed E-state index contributed by atoms with van der Waals surface area (Å²) in [6, 6.07) is 4.72. The molecule has 0 unspecified atom stereocenters. The molecule has 0 bridgehead atoms. The molecule has 1 amide bonds. The number of aryl methyl sites for hydroxylation is 1. The first kappa shape index (κ1) is 16.1. The van der Waals surface area contributed by atoms with Gasteiger partial charge >= 0.3 is 6.61 Å². The monoisotopic (exact) mass is 326 g/mol. The maximum Gasteiger partial charge on any atom is 0.387 e. The number of halogens is 2. The van der Waals surface area contributed by atoms with Gasteiger partial charge in [0.2, 0.25) is 0 Å². The van der Waals surface area contributed by atoms with Crippen LogP contribution in [0.1, 0.15) is 24.8 Å². The Labute approximate surface area is 133 Å². The van der Waals surface area contributed by atoms with Crippen LogP contribution in [0.2, 0.25) is 0 Å². The standard InChI is InChI=1S/C16H20F2N2O3/c17-16(18)23-11-3-5-13-10(8-11)2-1-7-20(13)15(21)14-6-4-12(9-19)22-14/h3,5,8,12,14,16H,1-2,4,6-7,9,19H2/t12-,14+/m1/s1. The number of hydrogen-bond donors (Lipinski definition) is 1. The molecule has 0 aliphatic carbocycles. The van der Waals surface area contributed by atoms with Crippen molar-refractivity contribution in [2.75, 3.05) is 18.0 Å². The average Bonchev–Trinajstić information content (AvgIpc) is 3.02. The number of anilines is 1. The number of nitrogens with two attached hydrogens (primary N) is 1. The van der Waals surface area contributed by atoms with E-state index in [0.717, 1.165) is 30.5 Å². The third-order valence-corrected chi connectivity index (χ3v) is 4.31. The van der Waals surface area contributed by atoms with Gasteiger partial charge < -0.3 is 20.1 Å². The van der Waals surface area contributed by atoms with Crippen molar-refractivity contribution in [3.8, 4) is 5.75 Å². The van der Waals surface area contributed by atoms with Gasteiger partial charge in [-0.25, -0.2) is 0 Å². The van der Waals surface area contributed by atoms with Gasteiger partial charge in [0.1, 0.15) is 11.9 Å². The van der Waals surface area contributed by atoms with Crippen LogP contribution in [0, 0.1) is 0 Å². The van der Waals surface area contributed by atoms with E-state index in [0.29, 0.717) is 19.5 Å². The number of amides is 1. The van der Waals surface area contributed by atoms with Crippen LogP contribution in [0.5, 0.6) is 5.75 Å². The molecule has 2 aliphatic heterocycles. The minimum atomic E-state index is -2.85. The number of alkyl halides is 2. The number of hydrogen-bond acceptors (Lipinski definition) is 4. The molecule has 23 heavy (non-hydrogen) atoms. The fraction of sp³-hybridized carbons (Fsp3) is 0.562. The van der Waals surface area contributed by atoms with Crippen molar-refractivity contribution in [3.05, 3.63) is 23.8 Å². The van der Waals surface area contributed by atoms with E-state index >= 15 is 0 Å². The van der Waals surface area contributed by atoms with E-state index in [1.54, 1.807) is 17.0 Å². The molecule has 126 valence electrons. The summed E-state index contributed by atoms with van der Waals surface area (Å²) >= 11 is 0. The molecule has 2 aliphatic rings. The maximum atomic E-state index is 12.7. The van der Waals surface area contributed by atoms with Crippen LogP contribution in [0.15, 0.2) is 18.2 Å². The first-order chi connectivity index (χ1) is 11.1. The summed E-state index contributed by atoms with van der Waals surface area (Å²) in [4.78, 5) is 14.4. The minimum absolute atomic E-state index is 0.0602. The molecule has 0 saturated carbocycles. The number of carbonyl (C=O) groups is 1. The van der Waals surface area contributed by atoms with E-state index in [9.17, 15) is 13.6 Å². The van der Waals surface area contributed by atoms with Gasteiger partial charge in [-0.05, 0) is 49.4 Å². The lowest BCUT2D eigenvalue weighted by molar-refractivity contribution is -0.129. The lowest BCUT2D eigenvalue weighted by atomic mass is 10.0. The second kappa shape index (κ2) is 6.80. The first-order valence-corrected chi connectivity index (χ1v) is 7.83. The molecule has 0 spiro atoms. The highest BCUT2D eigenvalue weighted by Crippen LogP contribution is 2.33. The van der Waals surface area contributed by atoms with Gasteiger partial charge in [-0.1, -0.05) is 0 Å². The summed E-state index contributed by atoms with van der Waals surface area (Å²) in [5.74, 6) is 0.0396. The third-order valence-electron chi connectivity index (χ3n) is 4.31. The van der Waals surface area contributed by atoms with E-state index in [-0.39, 0.29) is 17.8 Å². The van der Waals surface area contributed by atoms with Crippen molar-refractivity contribution < 1.29 is 23.0 Å². The summed E-state index contributed by atoms with van der Waals surface area (Å²) in [6.07, 6.45) is 2.44. The Morgan fingerprint density at radius 3 is 2.96 bits per heavy atom. The van der Waals surface area contributed by atoms with Crippen molar-refractivity contribution in [2.24, 2.45) is 5.73 Å². The zero-order valence-corrected chi connectivity index (χ0v) is 12.7. The van der Waals surface area contributed by atoms with E-state index in [1.807, 2.05) is 0 Å². The summed E-state index contributed by atoms with van der Waals surface area (Å²) in [6.45, 7) is -1.84. The van der Waals surface area contributed by atoms with Crippen LogP contribution < -0.4 is 15.4 Å². The highest BCUT2D eigenvalue weighted by atomic mass is 19.3. The first-order valence-electron chi connectivity index (χ1n) is 7.83. The number of nitrogens with zero attached hydrogens (tertiary/aromatic N) is 1. The zero-order chi connectivity index (χ0) is 16.4. The Balaban J connectivity index is 1.77. The van der Waals surface area contributed by atoms with E-state index < -0.39 is 12.7 Å². The van der Waals surface area contributed by atoms with E-state index in [1.165, 1.54) is 6.07 Å². The number of ether oxygens (including phenoxy) is 2. The van der Waals surface area contributed by atoms with Gasteiger partial charge in [-0.15, -0.1) is 0 Å². The van der Waals surface area contributed by atoms with Gasteiger partial charge in [0.05, 0.1) is 6.10 Å². The van der Waals surface area contributed by atoms with Crippen molar-refractivity contribution in [2.45, 2.75) is 44.5 Å². The van der Waals surface area contributed by atoms with E-state index in [2.05, 4.69) is 4.74 Å². The highest BCUT2D eigenvalue weighted by molar-refractivity contribution is 5.97. The lowest BCUT2D eigenvalue weighted by Gasteiger charge is -2.31. The normalized spacial score (nSPS) is 23.9. The molecule has 1 fully saturated rings.